The van der Waals surface area contributed by atoms with Gasteiger partial charge in [0.25, 0.3) is 5.56 Å². The Bertz CT molecular complexity index is 1630. The molecule has 2 aromatic heterocycles. The van der Waals surface area contributed by atoms with Gasteiger partial charge >= 0.3 is 0 Å². The van der Waals surface area contributed by atoms with Crippen molar-refractivity contribution in [3.63, 3.8) is 0 Å². The molecule has 0 aliphatic carbocycles. The molecule has 0 radical (unpaired) electrons. The lowest BCUT2D eigenvalue weighted by Gasteiger charge is -2.16. The van der Waals surface area contributed by atoms with Crippen LogP contribution in [0.5, 0.6) is 5.75 Å². The summed E-state index contributed by atoms with van der Waals surface area (Å²) in [5, 5.41) is 4.50. The summed E-state index contributed by atoms with van der Waals surface area (Å²) < 4.78 is 7.40. The van der Waals surface area contributed by atoms with Gasteiger partial charge in [0.2, 0.25) is 4.96 Å². The maximum Gasteiger partial charge on any atom is 0.291 e. The lowest BCUT2D eigenvalue weighted by molar-refractivity contribution is 0.416. The predicted octanol–water partition coefficient (Wildman–Crippen LogP) is 6.21. The number of rotatable bonds is 10. The number of thiazole rings is 1. The van der Waals surface area contributed by atoms with Crippen molar-refractivity contribution in [2.75, 3.05) is 19.1 Å². The molecule has 38 heavy (non-hydrogen) atoms. The number of hydrogen-bond donors (Lipinski definition) is 0. The van der Waals surface area contributed by atoms with E-state index in [2.05, 4.69) is 52.9 Å². The quantitative estimate of drug-likeness (QED) is 0.231. The standard InChI is InChI=1S/C31H32N4O2S/c1-6-7-13-22(2)23(3)18-19-24(21-34(4)25-14-9-8-10-15-25)20-28-30(36)35-31(38-28)32-29(33-35)26-16-11-12-17-27(26)37-5/h6-17,20-21H,3,18-19H2,1-2,4-5H3/b7-6-,22-13+,24-21+,28-20-. The Hall–Kier alpha value is -4.23. The summed E-state index contributed by atoms with van der Waals surface area (Å²) in [5.74, 6) is 1.13. The van der Waals surface area contributed by atoms with Crippen molar-refractivity contribution >= 4 is 28.1 Å². The molecule has 0 amide bonds. The molecule has 0 bridgehead atoms. The fraction of sp³-hybridized carbons (Fsp3) is 0.194. The number of ether oxygens (including phenoxy) is 1. The molecule has 0 fully saturated rings. The maximum absolute atomic E-state index is 13.3. The van der Waals surface area contributed by atoms with E-state index in [1.165, 1.54) is 15.9 Å². The van der Waals surface area contributed by atoms with Crippen molar-refractivity contribution in [1.82, 2.24) is 14.6 Å². The van der Waals surface area contributed by atoms with Gasteiger partial charge in [-0.1, -0.05) is 72.0 Å². The molecule has 0 N–H and O–H groups in total. The topological polar surface area (TPSA) is 59.7 Å². The summed E-state index contributed by atoms with van der Waals surface area (Å²) in [6.45, 7) is 8.33. The second-order valence-electron chi connectivity index (χ2n) is 8.88. The Morgan fingerprint density at radius 1 is 1.13 bits per heavy atom. The lowest BCUT2D eigenvalue weighted by Crippen LogP contribution is -2.24. The first-order chi connectivity index (χ1) is 18.4. The van der Waals surface area contributed by atoms with Crippen molar-refractivity contribution in [3.8, 4) is 17.1 Å². The van der Waals surface area contributed by atoms with Crippen LogP contribution >= 0.6 is 11.3 Å². The number of anilines is 1. The molecular formula is C31H32N4O2S. The number of hydrogen-bond acceptors (Lipinski definition) is 6. The second kappa shape index (κ2) is 12.3. The van der Waals surface area contributed by atoms with Crippen molar-refractivity contribution < 1.29 is 4.74 Å². The van der Waals surface area contributed by atoms with Crippen LogP contribution in [0.25, 0.3) is 22.4 Å². The summed E-state index contributed by atoms with van der Waals surface area (Å²) >= 11 is 1.33. The molecule has 0 spiro atoms. The molecule has 2 heterocycles. The number of aromatic nitrogens is 3. The van der Waals surface area contributed by atoms with Crippen molar-refractivity contribution in [2.24, 2.45) is 0 Å². The van der Waals surface area contributed by atoms with E-state index in [1.807, 2.05) is 74.7 Å². The molecule has 0 aliphatic heterocycles. The summed E-state index contributed by atoms with van der Waals surface area (Å²) in [4.78, 5) is 20.6. The molecule has 0 unspecified atom stereocenters. The highest BCUT2D eigenvalue weighted by Gasteiger charge is 2.15. The minimum absolute atomic E-state index is 0.185. The van der Waals surface area contributed by atoms with Crippen LogP contribution in [0.15, 0.2) is 107 Å². The van der Waals surface area contributed by atoms with Crippen molar-refractivity contribution in [3.05, 3.63) is 117 Å². The normalized spacial score (nSPS) is 13.0. The first-order valence-corrected chi connectivity index (χ1v) is 13.2. The van der Waals surface area contributed by atoms with E-state index in [0.717, 1.165) is 40.8 Å². The molecule has 4 aromatic rings. The highest BCUT2D eigenvalue weighted by Crippen LogP contribution is 2.27. The van der Waals surface area contributed by atoms with E-state index in [0.29, 0.717) is 21.1 Å². The van der Waals surface area contributed by atoms with Gasteiger partial charge in [-0.05, 0) is 68.2 Å². The molecular weight excluding hydrogens is 492 g/mol. The third kappa shape index (κ3) is 6.18. The average Bonchev–Trinajstić information content (AvgIpc) is 3.49. The van der Waals surface area contributed by atoms with Crippen LogP contribution in [0.1, 0.15) is 26.7 Å². The summed E-state index contributed by atoms with van der Waals surface area (Å²) in [5.41, 5.74) is 4.86. The molecule has 0 saturated carbocycles. The van der Waals surface area contributed by atoms with Crippen molar-refractivity contribution in [2.45, 2.75) is 26.7 Å². The highest BCUT2D eigenvalue weighted by molar-refractivity contribution is 7.15. The molecule has 6 nitrogen and oxygen atoms in total. The summed E-state index contributed by atoms with van der Waals surface area (Å²) in [6, 6.07) is 17.6. The minimum Gasteiger partial charge on any atom is -0.496 e. The Labute approximate surface area is 227 Å². The Morgan fingerprint density at radius 2 is 1.87 bits per heavy atom. The SMILES string of the molecule is C=C(CCC(/C=c1\sc2nc(-c3ccccc3OC)nn2c1=O)=C\N(C)c1ccccc1)/C(C)=C/C=C\C. The summed E-state index contributed by atoms with van der Waals surface area (Å²) in [7, 11) is 3.62. The molecule has 0 saturated heterocycles. The highest BCUT2D eigenvalue weighted by atomic mass is 32.1. The largest absolute Gasteiger partial charge is 0.496 e. The zero-order chi connectivity index (χ0) is 27.1. The van der Waals surface area contributed by atoms with Gasteiger partial charge in [0.05, 0.1) is 17.2 Å². The van der Waals surface area contributed by atoms with Gasteiger partial charge < -0.3 is 9.64 Å². The van der Waals surface area contributed by atoms with Crippen LogP contribution in [0, 0.1) is 0 Å². The van der Waals surface area contributed by atoms with Gasteiger partial charge in [-0.15, -0.1) is 5.10 Å². The van der Waals surface area contributed by atoms with Gasteiger partial charge in [0.1, 0.15) is 5.75 Å². The molecule has 194 valence electrons. The minimum atomic E-state index is -0.185. The van der Waals surface area contributed by atoms with E-state index < -0.39 is 0 Å². The number of allylic oxidation sites excluding steroid dienone is 6. The Morgan fingerprint density at radius 3 is 2.58 bits per heavy atom. The van der Waals surface area contributed by atoms with Gasteiger partial charge in [0.15, 0.2) is 5.82 Å². The van der Waals surface area contributed by atoms with Gasteiger partial charge in [-0.25, -0.2) is 0 Å². The number of methoxy groups -OCH3 is 1. The fourth-order valence-electron chi connectivity index (χ4n) is 3.96. The first kappa shape index (κ1) is 26.8. The molecule has 2 aromatic carbocycles. The molecule has 0 atom stereocenters. The third-order valence-corrected chi connectivity index (χ3v) is 7.14. The predicted molar refractivity (Wildman–Crippen MR) is 159 cm³/mol. The smallest absolute Gasteiger partial charge is 0.291 e. The third-order valence-electron chi connectivity index (χ3n) is 6.18. The zero-order valence-electron chi connectivity index (χ0n) is 22.2. The van der Waals surface area contributed by atoms with E-state index >= 15 is 0 Å². The van der Waals surface area contributed by atoms with E-state index in [9.17, 15) is 4.79 Å². The molecule has 7 heteroatoms. The van der Waals surface area contributed by atoms with Crippen LogP contribution in [-0.4, -0.2) is 28.8 Å². The van der Waals surface area contributed by atoms with Gasteiger partial charge in [-0.2, -0.15) is 9.50 Å². The fourth-order valence-corrected chi connectivity index (χ4v) is 4.88. The van der Waals surface area contributed by atoms with Crippen molar-refractivity contribution in [1.29, 1.82) is 0 Å². The monoisotopic (exact) mass is 524 g/mol. The van der Waals surface area contributed by atoms with Gasteiger partial charge in [-0.3, -0.25) is 4.79 Å². The van der Waals surface area contributed by atoms with Crippen LogP contribution in [-0.2, 0) is 0 Å². The zero-order valence-corrected chi connectivity index (χ0v) is 23.0. The molecule has 4 rings (SSSR count). The molecule has 0 aliphatic rings. The number of benzene rings is 2. The van der Waals surface area contributed by atoms with Gasteiger partial charge in [0, 0.05) is 18.9 Å². The van der Waals surface area contributed by atoms with E-state index in [4.69, 9.17) is 4.74 Å². The van der Waals surface area contributed by atoms with Crippen LogP contribution < -0.4 is 19.7 Å². The van der Waals surface area contributed by atoms with Crippen LogP contribution in [0.3, 0.4) is 0 Å². The second-order valence-corrected chi connectivity index (χ2v) is 9.88. The number of fused-ring (bicyclic) bond motifs is 1. The van der Waals surface area contributed by atoms with Crippen LogP contribution in [0.2, 0.25) is 0 Å². The number of nitrogens with zero attached hydrogens (tertiary/aromatic N) is 4. The van der Waals surface area contributed by atoms with Crippen LogP contribution in [0.4, 0.5) is 5.69 Å². The number of para-hydroxylation sites is 2. The lowest BCUT2D eigenvalue weighted by atomic mass is 10.0. The van der Waals surface area contributed by atoms with E-state index in [1.54, 1.807) is 7.11 Å². The Balaban J connectivity index is 1.70. The summed E-state index contributed by atoms with van der Waals surface area (Å²) in [6.07, 6.45) is 11.6. The van der Waals surface area contributed by atoms with E-state index in [-0.39, 0.29) is 5.56 Å². The first-order valence-electron chi connectivity index (χ1n) is 12.4. The maximum atomic E-state index is 13.3. The Kier molecular flexibility index (Phi) is 8.71. The average molecular weight is 525 g/mol.